The highest BCUT2D eigenvalue weighted by atomic mass is 31.2. The maximum atomic E-state index is 14.9. The summed E-state index contributed by atoms with van der Waals surface area (Å²) in [6.45, 7) is 3.44. The van der Waals surface area contributed by atoms with E-state index in [9.17, 15) is 18.7 Å². The molecule has 0 saturated carbocycles. The Hall–Kier alpha value is -3.72. The average Bonchev–Trinajstić information content (AvgIpc) is 3.06. The van der Waals surface area contributed by atoms with Crippen LogP contribution in [0.4, 0.5) is 0 Å². The van der Waals surface area contributed by atoms with Crippen LogP contribution in [0.5, 0.6) is 0 Å². The molecule has 0 radical (unpaired) electrons. The summed E-state index contributed by atoms with van der Waals surface area (Å²) >= 11 is 0. The molecule has 0 spiro atoms. The van der Waals surface area contributed by atoms with Crippen LogP contribution in [0.2, 0.25) is 0 Å². The molecule has 4 aromatic rings. The molecule has 43 heavy (non-hydrogen) atoms. The Morgan fingerprint density at radius 1 is 0.512 bits per heavy atom. The maximum Gasteiger partial charge on any atom is 0.323 e. The fourth-order valence-electron chi connectivity index (χ4n) is 5.34. The van der Waals surface area contributed by atoms with E-state index in [-0.39, 0.29) is 38.4 Å². The van der Waals surface area contributed by atoms with Crippen LogP contribution in [0.1, 0.15) is 26.7 Å². The zero-order valence-corrected chi connectivity index (χ0v) is 26.4. The molecule has 0 fully saturated rings. The molecule has 0 aliphatic carbocycles. The molecule has 0 bridgehead atoms. The Bertz CT molecular complexity index is 1370. The second-order valence-corrected chi connectivity index (χ2v) is 16.2. The van der Waals surface area contributed by atoms with Crippen molar-refractivity contribution in [3.05, 3.63) is 121 Å². The molecule has 0 aliphatic rings. The Balaban J connectivity index is 1.81. The summed E-state index contributed by atoms with van der Waals surface area (Å²) in [4.78, 5) is 27.7. The molecular weight excluding hydrogens is 578 g/mol. The van der Waals surface area contributed by atoms with Gasteiger partial charge in [0.2, 0.25) is 0 Å². The predicted molar refractivity (Wildman–Crippen MR) is 174 cm³/mol. The lowest BCUT2D eigenvalue weighted by Crippen LogP contribution is -2.44. The average molecular weight is 617 g/mol. The van der Waals surface area contributed by atoms with Crippen LogP contribution >= 0.6 is 14.3 Å². The highest BCUT2D eigenvalue weighted by Crippen LogP contribution is 2.51. The maximum absolute atomic E-state index is 14.9. The van der Waals surface area contributed by atoms with Gasteiger partial charge in [0.05, 0.1) is 13.2 Å². The van der Waals surface area contributed by atoms with Gasteiger partial charge in [-0.3, -0.25) is 9.59 Å². The number of hydrogen-bond acceptors (Lipinski definition) is 6. The third kappa shape index (κ3) is 7.09. The van der Waals surface area contributed by atoms with Gasteiger partial charge in [0.1, 0.15) is 14.3 Å². The van der Waals surface area contributed by atoms with Gasteiger partial charge in [0.15, 0.2) is 5.41 Å². The van der Waals surface area contributed by atoms with E-state index >= 15 is 0 Å². The molecule has 6 nitrogen and oxygen atoms in total. The van der Waals surface area contributed by atoms with Crippen LogP contribution in [-0.2, 0) is 28.2 Å². The van der Waals surface area contributed by atoms with Crippen LogP contribution < -0.4 is 21.2 Å². The van der Waals surface area contributed by atoms with E-state index in [0.717, 1.165) is 0 Å². The van der Waals surface area contributed by atoms with E-state index in [1.807, 2.05) is 121 Å². The second-order valence-electron chi connectivity index (χ2n) is 10.3. The molecule has 0 aromatic heterocycles. The number of hydrogen-bond donors (Lipinski definition) is 0. The predicted octanol–water partition coefficient (Wildman–Crippen LogP) is 5.91. The minimum absolute atomic E-state index is 0.0135. The molecular formula is C35H38O6P2. The van der Waals surface area contributed by atoms with Crippen molar-refractivity contribution < 1.29 is 28.2 Å². The number of ether oxygens (including phenoxy) is 2. The molecule has 4 rings (SSSR count). The van der Waals surface area contributed by atoms with E-state index in [4.69, 9.17) is 9.47 Å². The third-order valence-corrected chi connectivity index (χ3v) is 14.0. The first-order valence-corrected chi connectivity index (χ1v) is 18.3. The first-order chi connectivity index (χ1) is 20.8. The van der Waals surface area contributed by atoms with Crippen LogP contribution in [0.25, 0.3) is 0 Å². The van der Waals surface area contributed by atoms with Gasteiger partial charge in [0.25, 0.3) is 0 Å². The van der Waals surface area contributed by atoms with Gasteiger partial charge in [0, 0.05) is 33.5 Å². The summed E-state index contributed by atoms with van der Waals surface area (Å²) in [6, 6.07) is 36.5. The van der Waals surface area contributed by atoms with Gasteiger partial charge >= 0.3 is 11.9 Å². The second kappa shape index (κ2) is 14.6. The first-order valence-electron chi connectivity index (χ1n) is 14.5. The Labute approximate surface area is 254 Å². The van der Waals surface area contributed by atoms with Crippen LogP contribution in [0.15, 0.2) is 121 Å². The fraction of sp³-hybridized carbons (Fsp3) is 0.257. The van der Waals surface area contributed by atoms with Crippen molar-refractivity contribution in [3.8, 4) is 0 Å². The zero-order chi connectivity index (χ0) is 30.8. The van der Waals surface area contributed by atoms with Crippen LogP contribution in [0, 0.1) is 5.41 Å². The van der Waals surface area contributed by atoms with E-state index in [0.29, 0.717) is 21.2 Å². The van der Waals surface area contributed by atoms with Crippen LogP contribution in [0.3, 0.4) is 0 Å². The lowest BCUT2D eigenvalue weighted by atomic mass is 9.82. The molecule has 0 atom stereocenters. The molecule has 8 heteroatoms. The summed E-state index contributed by atoms with van der Waals surface area (Å²) in [6.07, 6.45) is -0.177. The quantitative estimate of drug-likeness (QED) is 0.0996. The Morgan fingerprint density at radius 2 is 0.767 bits per heavy atom. The normalized spacial score (nSPS) is 12.0. The minimum atomic E-state index is -3.30. The topological polar surface area (TPSA) is 86.7 Å². The van der Waals surface area contributed by atoms with Gasteiger partial charge in [-0.25, -0.2) is 0 Å². The molecule has 0 saturated heterocycles. The molecule has 0 N–H and O–H groups in total. The van der Waals surface area contributed by atoms with Crippen molar-refractivity contribution in [2.24, 2.45) is 5.41 Å². The number of carbonyl (C=O) groups excluding carboxylic acids is 2. The minimum Gasteiger partial charge on any atom is -0.465 e. The van der Waals surface area contributed by atoms with Crippen molar-refractivity contribution in [2.45, 2.75) is 26.7 Å². The molecule has 0 heterocycles. The molecule has 4 aromatic carbocycles. The zero-order valence-electron chi connectivity index (χ0n) is 24.6. The highest BCUT2D eigenvalue weighted by Gasteiger charge is 2.51. The summed E-state index contributed by atoms with van der Waals surface area (Å²) in [7, 11) is -6.61. The summed E-state index contributed by atoms with van der Waals surface area (Å²) in [5.41, 5.74) is -1.82. The number of carbonyl (C=O) groups is 2. The molecule has 0 unspecified atom stereocenters. The van der Waals surface area contributed by atoms with Gasteiger partial charge in [-0.1, -0.05) is 121 Å². The lowest BCUT2D eigenvalue weighted by Gasteiger charge is -2.32. The van der Waals surface area contributed by atoms with Gasteiger partial charge in [-0.2, -0.15) is 0 Å². The van der Waals surface area contributed by atoms with Gasteiger partial charge in [-0.05, 0) is 26.7 Å². The highest BCUT2D eigenvalue weighted by molar-refractivity contribution is 7.79. The Morgan fingerprint density at radius 3 is 1.00 bits per heavy atom. The van der Waals surface area contributed by atoms with Crippen molar-refractivity contribution >= 4 is 47.4 Å². The summed E-state index contributed by atoms with van der Waals surface area (Å²) < 4.78 is 40.8. The van der Waals surface area contributed by atoms with E-state index in [1.54, 1.807) is 13.8 Å². The fourth-order valence-corrected chi connectivity index (χ4v) is 11.0. The van der Waals surface area contributed by atoms with Crippen molar-refractivity contribution in [3.63, 3.8) is 0 Å². The largest absolute Gasteiger partial charge is 0.465 e. The number of rotatable bonds is 14. The molecule has 0 amide bonds. The van der Waals surface area contributed by atoms with Gasteiger partial charge in [-0.15, -0.1) is 0 Å². The Kier molecular flexibility index (Phi) is 11.0. The monoisotopic (exact) mass is 616 g/mol. The van der Waals surface area contributed by atoms with Crippen molar-refractivity contribution in [1.29, 1.82) is 0 Å². The smallest absolute Gasteiger partial charge is 0.323 e. The van der Waals surface area contributed by atoms with E-state index in [1.165, 1.54) is 0 Å². The van der Waals surface area contributed by atoms with Crippen molar-refractivity contribution in [2.75, 3.05) is 25.5 Å². The molecule has 0 aliphatic heterocycles. The van der Waals surface area contributed by atoms with E-state index < -0.39 is 31.6 Å². The van der Waals surface area contributed by atoms with E-state index in [2.05, 4.69) is 0 Å². The van der Waals surface area contributed by atoms with Crippen molar-refractivity contribution in [1.82, 2.24) is 0 Å². The summed E-state index contributed by atoms with van der Waals surface area (Å²) in [5.74, 6) is -1.51. The summed E-state index contributed by atoms with van der Waals surface area (Å²) in [5, 5.41) is 2.51. The van der Waals surface area contributed by atoms with Crippen LogP contribution in [-0.4, -0.2) is 37.5 Å². The number of esters is 2. The third-order valence-electron chi connectivity index (χ3n) is 7.73. The lowest BCUT2D eigenvalue weighted by molar-refractivity contribution is -0.172. The van der Waals surface area contributed by atoms with Gasteiger partial charge < -0.3 is 18.6 Å². The standard InChI is InChI=1S/C35H38O6P2/c1-3-40-33(36)35(34(37)41-4-2,25-27-42(38,29-17-9-5-10-18-29)30-19-11-6-12-20-30)26-28-43(39,31-21-13-7-14-22-31)32-23-15-8-16-24-32/h5-24H,3-4,25-28H2,1-2H3. The number of benzene rings is 4. The SMILES string of the molecule is CCOC(=O)C(CCP(=O)(c1ccccc1)c1ccccc1)(CCP(=O)(c1ccccc1)c1ccccc1)C(=O)OCC. The first kappa shape index (κ1) is 32.2. The molecule has 224 valence electrons.